The molecule has 2 N–H and O–H groups in total. The molecule has 3 nitrogen and oxygen atoms in total. The van der Waals surface area contributed by atoms with Gasteiger partial charge in [-0.25, -0.2) is 5.90 Å². The molecule has 1 aliphatic rings. The van der Waals surface area contributed by atoms with Gasteiger partial charge in [-0.3, -0.25) is 4.84 Å². The molecule has 2 rings (SSSR count). The zero-order valence-electron chi connectivity index (χ0n) is 8.32. The smallest absolute Gasteiger partial charge is 0.0930 e. The van der Waals surface area contributed by atoms with E-state index in [2.05, 4.69) is 17.0 Å². The van der Waals surface area contributed by atoms with Gasteiger partial charge in [0, 0.05) is 7.11 Å². The number of benzene rings is 1. The van der Waals surface area contributed by atoms with E-state index in [1.165, 1.54) is 5.56 Å². The number of nitrogens with two attached hydrogens (primary N) is 1. The first-order valence-electron chi connectivity index (χ1n) is 4.77. The van der Waals surface area contributed by atoms with Crippen LogP contribution in [0, 0.1) is 0 Å². The third kappa shape index (κ3) is 1.66. The Morgan fingerprint density at radius 1 is 1.29 bits per heavy atom. The fourth-order valence-electron chi connectivity index (χ4n) is 1.73. The highest BCUT2D eigenvalue weighted by Crippen LogP contribution is 2.48. The van der Waals surface area contributed by atoms with Crippen LogP contribution < -0.4 is 5.90 Å². The normalized spacial score (nSPS) is 18.1. The topological polar surface area (TPSA) is 44.5 Å². The number of hydrogen-bond acceptors (Lipinski definition) is 3. The summed E-state index contributed by atoms with van der Waals surface area (Å²) in [5, 5.41) is 0. The minimum Gasteiger partial charge on any atom is -0.374 e. The van der Waals surface area contributed by atoms with Crippen molar-refractivity contribution in [3.05, 3.63) is 35.4 Å². The van der Waals surface area contributed by atoms with Crippen molar-refractivity contribution in [2.24, 2.45) is 5.90 Å². The van der Waals surface area contributed by atoms with E-state index in [9.17, 15) is 0 Å². The minimum absolute atomic E-state index is 0.00209. The zero-order valence-corrected chi connectivity index (χ0v) is 8.32. The van der Waals surface area contributed by atoms with Crippen LogP contribution in [0.3, 0.4) is 0 Å². The number of rotatable bonds is 4. The predicted octanol–water partition coefficient (Wildman–Crippen LogP) is 1.71. The van der Waals surface area contributed by atoms with Crippen LogP contribution in [-0.2, 0) is 21.8 Å². The maximum absolute atomic E-state index is 5.48. The average Bonchev–Trinajstić information content (AvgIpc) is 3.00. The van der Waals surface area contributed by atoms with Gasteiger partial charge in [0.1, 0.15) is 0 Å². The van der Waals surface area contributed by atoms with E-state index in [-0.39, 0.29) is 5.60 Å². The van der Waals surface area contributed by atoms with Gasteiger partial charge in [-0.05, 0) is 24.0 Å². The lowest BCUT2D eigenvalue weighted by atomic mass is 10.1. The maximum atomic E-state index is 5.48. The third-order valence-electron chi connectivity index (χ3n) is 2.82. The van der Waals surface area contributed by atoms with Crippen LogP contribution in [0.2, 0.25) is 0 Å². The Morgan fingerprint density at radius 2 is 1.93 bits per heavy atom. The molecular formula is C11H15NO2. The van der Waals surface area contributed by atoms with Crippen molar-refractivity contribution in [2.45, 2.75) is 25.0 Å². The predicted molar refractivity (Wildman–Crippen MR) is 53.3 cm³/mol. The Bertz CT molecular complexity index is 304. The molecule has 1 aromatic carbocycles. The second-order valence-electron chi connectivity index (χ2n) is 3.71. The Morgan fingerprint density at radius 3 is 2.36 bits per heavy atom. The van der Waals surface area contributed by atoms with E-state index in [1.54, 1.807) is 7.11 Å². The van der Waals surface area contributed by atoms with Gasteiger partial charge in [-0.15, -0.1) is 0 Å². The van der Waals surface area contributed by atoms with Crippen molar-refractivity contribution >= 4 is 0 Å². The lowest BCUT2D eigenvalue weighted by Gasteiger charge is -2.13. The minimum atomic E-state index is 0.00209. The van der Waals surface area contributed by atoms with Crippen LogP contribution in [0.25, 0.3) is 0 Å². The standard InChI is InChI=1S/C11H15NO2/c1-13-11(6-7-11)10-4-2-9(3-5-10)8-14-12/h2-5H,6-8,12H2,1H3. The molecular weight excluding hydrogens is 178 g/mol. The van der Waals surface area contributed by atoms with Gasteiger partial charge in [0.2, 0.25) is 0 Å². The van der Waals surface area contributed by atoms with E-state index in [1.807, 2.05) is 12.1 Å². The second-order valence-corrected chi connectivity index (χ2v) is 3.71. The lowest BCUT2D eigenvalue weighted by molar-refractivity contribution is 0.0788. The molecule has 14 heavy (non-hydrogen) atoms. The Labute approximate surface area is 83.8 Å². The highest BCUT2D eigenvalue weighted by atomic mass is 16.6. The van der Waals surface area contributed by atoms with Crippen LogP contribution in [-0.4, -0.2) is 7.11 Å². The zero-order chi connectivity index (χ0) is 10.0. The number of methoxy groups -OCH3 is 1. The average molecular weight is 193 g/mol. The molecule has 0 spiro atoms. The van der Waals surface area contributed by atoms with Crippen molar-refractivity contribution < 1.29 is 9.57 Å². The van der Waals surface area contributed by atoms with E-state index in [4.69, 9.17) is 10.6 Å². The monoisotopic (exact) mass is 193 g/mol. The first-order chi connectivity index (χ1) is 6.80. The molecule has 1 fully saturated rings. The van der Waals surface area contributed by atoms with Gasteiger partial charge in [0.15, 0.2) is 0 Å². The molecule has 0 amide bonds. The largest absolute Gasteiger partial charge is 0.374 e. The summed E-state index contributed by atoms with van der Waals surface area (Å²) < 4.78 is 5.48. The van der Waals surface area contributed by atoms with Crippen LogP contribution >= 0.6 is 0 Å². The summed E-state index contributed by atoms with van der Waals surface area (Å²) in [6, 6.07) is 8.23. The second kappa shape index (κ2) is 3.69. The van der Waals surface area contributed by atoms with E-state index >= 15 is 0 Å². The summed E-state index contributed by atoms with van der Waals surface area (Å²) in [5.41, 5.74) is 2.34. The highest BCUT2D eigenvalue weighted by molar-refractivity contribution is 5.30. The van der Waals surface area contributed by atoms with Crippen molar-refractivity contribution in [3.63, 3.8) is 0 Å². The van der Waals surface area contributed by atoms with Gasteiger partial charge in [0.05, 0.1) is 12.2 Å². The van der Waals surface area contributed by atoms with Crippen molar-refractivity contribution in [2.75, 3.05) is 7.11 Å². The molecule has 0 aliphatic heterocycles. The first kappa shape index (κ1) is 9.65. The van der Waals surface area contributed by atoms with Crippen LogP contribution in [0.1, 0.15) is 24.0 Å². The van der Waals surface area contributed by atoms with E-state index in [0.717, 1.165) is 18.4 Å². The Balaban J connectivity index is 2.14. The summed E-state index contributed by atoms with van der Waals surface area (Å²) in [4.78, 5) is 4.56. The van der Waals surface area contributed by atoms with E-state index in [0.29, 0.717) is 6.61 Å². The molecule has 76 valence electrons. The van der Waals surface area contributed by atoms with Gasteiger partial charge in [0.25, 0.3) is 0 Å². The molecule has 0 unspecified atom stereocenters. The molecule has 0 saturated heterocycles. The summed E-state index contributed by atoms with van der Waals surface area (Å²) in [5.74, 6) is 5.00. The Hall–Kier alpha value is -0.900. The molecule has 1 saturated carbocycles. The van der Waals surface area contributed by atoms with Crippen molar-refractivity contribution in [1.82, 2.24) is 0 Å². The quantitative estimate of drug-likeness (QED) is 0.740. The van der Waals surface area contributed by atoms with Gasteiger partial charge < -0.3 is 4.74 Å². The van der Waals surface area contributed by atoms with Gasteiger partial charge >= 0.3 is 0 Å². The summed E-state index contributed by atoms with van der Waals surface area (Å²) in [6.45, 7) is 0.459. The Kier molecular flexibility index (Phi) is 2.54. The molecule has 0 atom stereocenters. The summed E-state index contributed by atoms with van der Waals surface area (Å²) in [6.07, 6.45) is 2.24. The highest BCUT2D eigenvalue weighted by Gasteiger charge is 2.44. The first-order valence-corrected chi connectivity index (χ1v) is 4.77. The summed E-state index contributed by atoms with van der Waals surface area (Å²) >= 11 is 0. The molecule has 0 aromatic heterocycles. The number of ether oxygens (including phenoxy) is 1. The fourth-order valence-corrected chi connectivity index (χ4v) is 1.73. The number of hydrogen-bond donors (Lipinski definition) is 1. The van der Waals surface area contributed by atoms with Crippen LogP contribution in [0.15, 0.2) is 24.3 Å². The lowest BCUT2D eigenvalue weighted by Crippen LogP contribution is -2.08. The van der Waals surface area contributed by atoms with Crippen LogP contribution in [0.5, 0.6) is 0 Å². The molecule has 0 heterocycles. The molecule has 0 bridgehead atoms. The molecule has 1 aliphatic carbocycles. The summed E-state index contributed by atoms with van der Waals surface area (Å²) in [7, 11) is 1.77. The van der Waals surface area contributed by atoms with Gasteiger partial charge in [-0.1, -0.05) is 24.3 Å². The van der Waals surface area contributed by atoms with Crippen molar-refractivity contribution in [3.8, 4) is 0 Å². The van der Waals surface area contributed by atoms with Crippen molar-refractivity contribution in [1.29, 1.82) is 0 Å². The molecule has 0 radical (unpaired) electrons. The maximum Gasteiger partial charge on any atom is 0.0930 e. The third-order valence-corrected chi connectivity index (χ3v) is 2.82. The molecule has 3 heteroatoms. The van der Waals surface area contributed by atoms with E-state index < -0.39 is 0 Å². The van der Waals surface area contributed by atoms with Crippen LogP contribution in [0.4, 0.5) is 0 Å². The fraction of sp³-hybridized carbons (Fsp3) is 0.455. The molecule has 1 aromatic rings. The SMILES string of the molecule is COC1(c2ccc(CON)cc2)CC1. The van der Waals surface area contributed by atoms with Gasteiger partial charge in [-0.2, -0.15) is 0 Å².